The van der Waals surface area contributed by atoms with E-state index in [4.69, 9.17) is 76.0 Å². The highest BCUT2D eigenvalue weighted by Crippen LogP contribution is 2.18. The van der Waals surface area contributed by atoms with Crippen molar-refractivity contribution in [2.75, 3.05) is 46.6 Å². The molecule has 6 N–H and O–H groups in total. The van der Waals surface area contributed by atoms with Crippen LogP contribution in [0.25, 0.3) is 0 Å². The van der Waals surface area contributed by atoms with Gasteiger partial charge in [-0.05, 0) is 129 Å². The number of halogens is 3. The summed E-state index contributed by atoms with van der Waals surface area (Å²) in [7, 11) is 1.71. The Morgan fingerprint density at radius 1 is 0.631 bits per heavy atom. The summed E-state index contributed by atoms with van der Waals surface area (Å²) < 4.78 is 14.3. The summed E-state index contributed by atoms with van der Waals surface area (Å²) in [6.07, 6.45) is 14.4. The summed E-state index contributed by atoms with van der Waals surface area (Å²) in [5, 5.41) is 25.0. The Morgan fingerprint density at radius 2 is 1.03 bits per heavy atom. The second kappa shape index (κ2) is 42.0. The van der Waals surface area contributed by atoms with Gasteiger partial charge in [-0.1, -0.05) is 127 Å². The molecule has 0 heterocycles. The van der Waals surface area contributed by atoms with Crippen molar-refractivity contribution in [2.24, 2.45) is 16.5 Å². The van der Waals surface area contributed by atoms with Crippen molar-refractivity contribution in [3.8, 4) is 12.0 Å². The van der Waals surface area contributed by atoms with Gasteiger partial charge in [-0.25, -0.2) is 4.79 Å². The number of benzene rings is 4. The van der Waals surface area contributed by atoms with Gasteiger partial charge >= 0.3 is 5.97 Å². The molecule has 0 saturated carbocycles. The average molecular weight is 958 g/mol. The number of nitriles is 1. The molecular formula is C50H67Cl3N4O8. The topological polar surface area (TPSA) is 208 Å². The zero-order valence-electron chi connectivity index (χ0n) is 37.8. The minimum absolute atomic E-state index is 0.171. The van der Waals surface area contributed by atoms with Crippen LogP contribution in [0.4, 0.5) is 5.69 Å². The third-order valence-corrected chi connectivity index (χ3v) is 8.84. The maximum atomic E-state index is 12.0. The van der Waals surface area contributed by atoms with Crippen LogP contribution < -0.4 is 16.2 Å². The van der Waals surface area contributed by atoms with Crippen molar-refractivity contribution in [1.29, 1.82) is 5.26 Å². The highest BCUT2D eigenvalue weighted by Gasteiger charge is 2.06. The Labute approximate surface area is 400 Å². The number of ketones is 1. The average Bonchev–Trinajstić information content (AvgIpc) is 3.28. The Bertz CT molecular complexity index is 1860. The van der Waals surface area contributed by atoms with Gasteiger partial charge in [-0.2, -0.15) is 4.99 Å². The van der Waals surface area contributed by atoms with E-state index >= 15 is 0 Å². The van der Waals surface area contributed by atoms with E-state index in [1.165, 1.54) is 17.2 Å². The number of carbonyl (C=O) groups is 2. The van der Waals surface area contributed by atoms with Crippen LogP contribution in [0.5, 0.6) is 5.75 Å². The Hall–Kier alpha value is -4.64. The van der Waals surface area contributed by atoms with Gasteiger partial charge in [-0.15, -0.1) is 5.26 Å². The van der Waals surface area contributed by atoms with Crippen molar-refractivity contribution in [3.63, 3.8) is 0 Å². The number of esters is 1. The number of aliphatic imine (C=N–C) groups is 1. The van der Waals surface area contributed by atoms with Gasteiger partial charge in [0.15, 0.2) is 4.30 Å². The number of aliphatic hydroxyl groups is 2. The molecule has 0 spiro atoms. The normalized spacial score (nSPS) is 9.86. The van der Waals surface area contributed by atoms with E-state index in [0.29, 0.717) is 30.9 Å². The van der Waals surface area contributed by atoms with Crippen LogP contribution in [0.3, 0.4) is 0 Å². The smallest absolute Gasteiger partial charge is 0.310 e. The molecule has 0 aliphatic carbocycles. The molecule has 15 heteroatoms. The lowest BCUT2D eigenvalue weighted by atomic mass is 10.0. The van der Waals surface area contributed by atoms with Crippen LogP contribution in [0.15, 0.2) is 102 Å². The lowest BCUT2D eigenvalue weighted by molar-refractivity contribution is -0.143. The minimum atomic E-state index is -0.750. The number of alkyl halides is 3. The van der Waals surface area contributed by atoms with E-state index < -0.39 is 4.30 Å². The van der Waals surface area contributed by atoms with Gasteiger partial charge in [0.05, 0.1) is 18.7 Å². The lowest BCUT2D eigenvalue weighted by Gasteiger charge is -2.07. The third kappa shape index (κ3) is 36.3. The van der Waals surface area contributed by atoms with E-state index in [2.05, 4.69) is 29.3 Å². The SMILES string of the molecule is COCCCCCCOC(=O)Cc1ccc(Cc2ccc(CC(C)=O)cc2)cc1.ClC(Cl)Cl.N#COc1ccc(Cc2ccc(N=C=O)cc2)cc1.NCCCN.OCCCCCCO. The first-order valence-electron chi connectivity index (χ1n) is 21.6. The van der Waals surface area contributed by atoms with Gasteiger partial charge in [0.25, 0.3) is 6.26 Å². The van der Waals surface area contributed by atoms with E-state index in [-0.39, 0.29) is 25.0 Å². The molecule has 4 rings (SSSR count). The molecule has 0 aliphatic rings. The maximum Gasteiger partial charge on any atom is 0.310 e. The number of rotatable bonds is 24. The fraction of sp³-hybridized carbons (Fsp3) is 0.440. The summed E-state index contributed by atoms with van der Waals surface area (Å²) in [6.45, 7) is 4.89. The number of nitrogens with zero attached hydrogens (tertiary/aromatic N) is 2. The molecule has 4 aromatic rings. The summed E-state index contributed by atoms with van der Waals surface area (Å²) in [5.41, 5.74) is 17.3. The fourth-order valence-corrected chi connectivity index (χ4v) is 5.58. The standard InChI is InChI=1S/C25H32O4.C15H10N2O2.C6H14O2.C3H10N2.CHCl3/c1-20(26)17-21-7-9-22(10-8-21)18-23-11-13-24(14-12-23)19-25(27)29-16-6-4-3-5-15-28-2;16-10-19-15-7-3-13(4-8-15)9-12-1-5-14(6-2-12)17-11-18;7-5-3-1-2-4-6-8;4-2-1-3-5;2-1(3)4/h7-14H,3-6,15-19H2,1-2H3;1-8H,9H2;7-8H,1-6H2;1-5H2;1H. The molecule has 4 aromatic carbocycles. The molecular weight excluding hydrogens is 891 g/mol. The number of ether oxygens (including phenoxy) is 3. The molecule has 65 heavy (non-hydrogen) atoms. The fourth-order valence-electron chi connectivity index (χ4n) is 5.58. The van der Waals surface area contributed by atoms with Crippen LogP contribution >= 0.6 is 34.8 Å². The van der Waals surface area contributed by atoms with Crippen molar-refractivity contribution < 1.29 is 38.8 Å². The predicted molar refractivity (Wildman–Crippen MR) is 262 cm³/mol. The zero-order valence-corrected chi connectivity index (χ0v) is 40.0. The summed E-state index contributed by atoms with van der Waals surface area (Å²) in [5.74, 6) is 0.534. The molecule has 0 unspecified atom stereocenters. The van der Waals surface area contributed by atoms with Crippen molar-refractivity contribution in [1.82, 2.24) is 0 Å². The number of methoxy groups -OCH3 is 1. The molecule has 0 fully saturated rings. The van der Waals surface area contributed by atoms with Crippen molar-refractivity contribution >= 4 is 58.3 Å². The molecule has 0 bridgehead atoms. The molecule has 12 nitrogen and oxygen atoms in total. The number of isocyanates is 1. The zero-order chi connectivity index (χ0) is 48.3. The molecule has 0 amide bonds. The largest absolute Gasteiger partial charge is 0.465 e. The van der Waals surface area contributed by atoms with Gasteiger partial charge in [-0.3, -0.25) is 9.59 Å². The Kier molecular flexibility index (Phi) is 39.0. The second-order valence-corrected chi connectivity index (χ2v) is 16.4. The van der Waals surface area contributed by atoms with Crippen LogP contribution in [0.2, 0.25) is 0 Å². The molecule has 0 saturated heterocycles. The highest BCUT2D eigenvalue weighted by molar-refractivity contribution is 6.63. The molecule has 0 radical (unpaired) electrons. The van der Waals surface area contributed by atoms with Crippen LogP contribution in [-0.4, -0.2) is 79.0 Å². The summed E-state index contributed by atoms with van der Waals surface area (Å²) >= 11 is 14.4. The van der Waals surface area contributed by atoms with Gasteiger partial charge in [0, 0.05) is 33.4 Å². The van der Waals surface area contributed by atoms with Gasteiger partial charge in [0.1, 0.15) is 11.5 Å². The number of nitrogens with two attached hydrogens (primary N) is 2. The summed E-state index contributed by atoms with van der Waals surface area (Å²) in [6, 6.07) is 30.9. The van der Waals surface area contributed by atoms with E-state index in [0.717, 1.165) is 113 Å². The van der Waals surface area contributed by atoms with Crippen LogP contribution in [0, 0.1) is 11.5 Å². The highest BCUT2D eigenvalue weighted by atomic mass is 35.6. The Morgan fingerprint density at radius 3 is 1.42 bits per heavy atom. The number of hydrogen-bond acceptors (Lipinski definition) is 12. The van der Waals surface area contributed by atoms with E-state index in [9.17, 15) is 14.4 Å². The van der Waals surface area contributed by atoms with Crippen LogP contribution in [0.1, 0.15) is 98.1 Å². The maximum absolute atomic E-state index is 12.0. The number of aliphatic hydroxyl groups excluding tert-OH is 2. The monoisotopic (exact) mass is 956 g/mol. The molecule has 356 valence electrons. The molecule has 0 aromatic heterocycles. The van der Waals surface area contributed by atoms with Crippen molar-refractivity contribution in [2.45, 2.75) is 94.7 Å². The number of carbonyl (C=O) groups excluding carboxylic acids is 3. The first-order valence-corrected chi connectivity index (χ1v) is 22.9. The van der Waals surface area contributed by atoms with Gasteiger partial charge in [0.2, 0.25) is 6.08 Å². The Balaban J connectivity index is 0.000000964. The third-order valence-electron chi connectivity index (χ3n) is 8.84. The van der Waals surface area contributed by atoms with E-state index in [1.54, 1.807) is 44.6 Å². The minimum Gasteiger partial charge on any atom is -0.465 e. The molecule has 0 atom stereocenters. The number of hydrogen-bond donors (Lipinski definition) is 4. The number of unbranched alkanes of at least 4 members (excludes halogenated alkanes) is 6. The van der Waals surface area contributed by atoms with E-state index in [1.807, 2.05) is 48.5 Å². The first kappa shape index (κ1) is 60.4. The lowest BCUT2D eigenvalue weighted by Crippen LogP contribution is -2.09. The first-order chi connectivity index (χ1) is 31.4. The number of Topliss-reactive ketones (excluding diaryl/α,β-unsaturated/α-hetero) is 1. The quantitative estimate of drug-likeness (QED) is 0.0130. The van der Waals surface area contributed by atoms with Crippen molar-refractivity contribution in [3.05, 3.63) is 130 Å². The van der Waals surface area contributed by atoms with Crippen LogP contribution in [-0.2, 0) is 49.5 Å². The predicted octanol–water partition coefficient (Wildman–Crippen LogP) is 9.62. The summed E-state index contributed by atoms with van der Waals surface area (Å²) in [4.78, 5) is 36.8. The van der Waals surface area contributed by atoms with Gasteiger partial charge < -0.3 is 35.9 Å². The second-order valence-electron chi connectivity index (χ2n) is 14.4. The molecule has 0 aliphatic heterocycles.